The summed E-state index contributed by atoms with van der Waals surface area (Å²) in [5.74, 6) is 2.34. The second kappa shape index (κ2) is 5.90. The molecule has 2 heterocycles. The van der Waals surface area contributed by atoms with E-state index < -0.39 is 10.0 Å². The summed E-state index contributed by atoms with van der Waals surface area (Å²) in [6, 6.07) is 3.22. The average Bonchev–Trinajstić information content (AvgIpc) is 2.39. The van der Waals surface area contributed by atoms with Crippen LogP contribution >= 0.6 is 11.8 Å². The van der Waals surface area contributed by atoms with Gasteiger partial charge in [-0.25, -0.2) is 18.1 Å². The summed E-state index contributed by atoms with van der Waals surface area (Å²) in [6.45, 7) is 0. The topological polar surface area (TPSA) is 71.1 Å². The van der Waals surface area contributed by atoms with Crippen molar-refractivity contribution in [3.63, 3.8) is 0 Å². The monoisotopic (exact) mass is 287 g/mol. The van der Waals surface area contributed by atoms with Gasteiger partial charge in [0.25, 0.3) is 0 Å². The minimum absolute atomic E-state index is 0.0265. The number of aromatic nitrogens is 1. The summed E-state index contributed by atoms with van der Waals surface area (Å²) in [7, 11) is -1.83. The first kappa shape index (κ1) is 13.6. The van der Waals surface area contributed by atoms with Gasteiger partial charge in [-0.1, -0.05) is 0 Å². The average molecular weight is 287 g/mol. The third kappa shape index (κ3) is 3.15. The molecule has 1 aliphatic rings. The number of hydrogen-bond donors (Lipinski definition) is 2. The van der Waals surface area contributed by atoms with Crippen molar-refractivity contribution < 1.29 is 8.42 Å². The second-order valence-electron chi connectivity index (χ2n) is 4.14. The van der Waals surface area contributed by atoms with E-state index in [0.717, 1.165) is 24.3 Å². The molecule has 0 aromatic carbocycles. The van der Waals surface area contributed by atoms with Crippen molar-refractivity contribution in [3.05, 3.63) is 18.3 Å². The molecule has 1 aromatic heterocycles. The molecule has 7 heteroatoms. The maximum absolute atomic E-state index is 12.3. The lowest BCUT2D eigenvalue weighted by atomic mass is 10.2. The Hall–Kier alpha value is -0.790. The van der Waals surface area contributed by atoms with Crippen LogP contribution in [0.25, 0.3) is 0 Å². The maximum Gasteiger partial charge on any atom is 0.244 e. The van der Waals surface area contributed by atoms with Crippen molar-refractivity contribution in [2.75, 3.05) is 23.9 Å². The van der Waals surface area contributed by atoms with Crippen molar-refractivity contribution >= 4 is 27.6 Å². The second-order valence-corrected chi connectivity index (χ2v) is 6.97. The fourth-order valence-corrected chi connectivity index (χ4v) is 4.52. The number of rotatable bonds is 4. The first-order valence-electron chi connectivity index (χ1n) is 5.86. The zero-order chi connectivity index (χ0) is 13.0. The van der Waals surface area contributed by atoms with Gasteiger partial charge in [0.15, 0.2) is 0 Å². The predicted molar refractivity (Wildman–Crippen MR) is 74.5 cm³/mol. The van der Waals surface area contributed by atoms with E-state index in [2.05, 4.69) is 15.0 Å². The largest absolute Gasteiger partial charge is 0.372 e. The highest BCUT2D eigenvalue weighted by Crippen LogP contribution is 2.21. The molecule has 1 saturated heterocycles. The lowest BCUT2D eigenvalue weighted by Crippen LogP contribution is -2.38. The molecule has 100 valence electrons. The van der Waals surface area contributed by atoms with Gasteiger partial charge in [0.2, 0.25) is 10.0 Å². The quantitative estimate of drug-likeness (QED) is 0.873. The van der Waals surface area contributed by atoms with Gasteiger partial charge in [-0.05, 0) is 30.7 Å². The van der Waals surface area contributed by atoms with E-state index in [1.54, 1.807) is 37.1 Å². The molecule has 2 rings (SSSR count). The van der Waals surface area contributed by atoms with Crippen LogP contribution in [0.4, 0.5) is 5.82 Å². The maximum atomic E-state index is 12.3. The van der Waals surface area contributed by atoms with E-state index in [0.29, 0.717) is 5.82 Å². The third-order valence-electron chi connectivity index (χ3n) is 2.78. The summed E-state index contributed by atoms with van der Waals surface area (Å²) >= 11 is 1.79. The lowest BCUT2D eigenvalue weighted by molar-refractivity contribution is 0.543. The number of sulfonamides is 1. The van der Waals surface area contributed by atoms with Crippen LogP contribution in [0, 0.1) is 0 Å². The zero-order valence-corrected chi connectivity index (χ0v) is 11.9. The number of anilines is 1. The number of nitrogens with zero attached hydrogens (tertiary/aromatic N) is 1. The molecule has 0 amide bonds. The number of pyridine rings is 1. The molecular formula is C11H17N3O2S2. The first-order valence-corrected chi connectivity index (χ1v) is 8.50. The molecule has 1 aromatic rings. The number of nitrogens with one attached hydrogen (secondary N) is 2. The molecule has 1 fully saturated rings. The summed E-state index contributed by atoms with van der Waals surface area (Å²) in [4.78, 5) is 4.23. The number of thioether (sulfide) groups is 1. The van der Waals surface area contributed by atoms with Crippen LogP contribution in [0.5, 0.6) is 0 Å². The zero-order valence-electron chi connectivity index (χ0n) is 10.2. The Morgan fingerprint density at radius 3 is 3.00 bits per heavy atom. The molecule has 0 aliphatic carbocycles. The Kier molecular flexibility index (Phi) is 4.47. The summed E-state index contributed by atoms with van der Waals surface area (Å²) in [6.07, 6.45) is 3.53. The van der Waals surface area contributed by atoms with Crippen molar-refractivity contribution in [2.45, 2.75) is 23.8 Å². The summed E-state index contributed by atoms with van der Waals surface area (Å²) in [5.41, 5.74) is 0. The molecule has 0 bridgehead atoms. The van der Waals surface area contributed by atoms with Gasteiger partial charge in [0.05, 0.1) is 0 Å². The van der Waals surface area contributed by atoms with Crippen LogP contribution in [-0.4, -0.2) is 38.0 Å². The standard InChI is InChI=1S/C11H17N3O2S2/c1-12-11-10(5-2-6-13-11)18(15,16)14-9-4-3-7-17-8-9/h2,5-6,9,14H,3-4,7-8H2,1H3,(H,12,13). The summed E-state index contributed by atoms with van der Waals surface area (Å²) in [5, 5.41) is 2.80. The van der Waals surface area contributed by atoms with Crippen molar-refractivity contribution in [3.8, 4) is 0 Å². The third-order valence-corrected chi connectivity index (χ3v) is 5.55. The van der Waals surface area contributed by atoms with E-state index >= 15 is 0 Å². The highest BCUT2D eigenvalue weighted by atomic mass is 32.2. The van der Waals surface area contributed by atoms with Crippen LogP contribution in [-0.2, 0) is 10.0 Å². The van der Waals surface area contributed by atoms with Crippen molar-refractivity contribution in [1.82, 2.24) is 9.71 Å². The fraction of sp³-hybridized carbons (Fsp3) is 0.545. The molecule has 0 radical (unpaired) electrons. The fourth-order valence-electron chi connectivity index (χ4n) is 1.91. The molecule has 0 saturated carbocycles. The van der Waals surface area contributed by atoms with Gasteiger partial charge in [0, 0.05) is 25.0 Å². The van der Waals surface area contributed by atoms with Crippen LogP contribution in [0.1, 0.15) is 12.8 Å². The Morgan fingerprint density at radius 1 is 1.50 bits per heavy atom. The van der Waals surface area contributed by atoms with Gasteiger partial charge in [-0.15, -0.1) is 0 Å². The van der Waals surface area contributed by atoms with Gasteiger partial charge in [-0.3, -0.25) is 0 Å². The van der Waals surface area contributed by atoms with E-state index in [4.69, 9.17) is 0 Å². The molecule has 1 unspecified atom stereocenters. The van der Waals surface area contributed by atoms with Gasteiger partial charge < -0.3 is 5.32 Å². The van der Waals surface area contributed by atoms with E-state index in [1.807, 2.05) is 0 Å². The molecular weight excluding hydrogens is 270 g/mol. The highest BCUT2D eigenvalue weighted by Gasteiger charge is 2.24. The van der Waals surface area contributed by atoms with Crippen molar-refractivity contribution in [2.24, 2.45) is 0 Å². The smallest absolute Gasteiger partial charge is 0.244 e. The predicted octanol–water partition coefficient (Wildman–Crippen LogP) is 1.30. The summed E-state index contributed by atoms with van der Waals surface area (Å²) < 4.78 is 27.3. The first-order chi connectivity index (χ1) is 8.63. The highest BCUT2D eigenvalue weighted by molar-refractivity contribution is 7.99. The SMILES string of the molecule is CNc1ncccc1S(=O)(=O)NC1CCCSC1. The molecule has 2 N–H and O–H groups in total. The van der Waals surface area contributed by atoms with E-state index in [1.165, 1.54) is 0 Å². The molecule has 1 aliphatic heterocycles. The Labute approximate surface area is 112 Å². The molecule has 1 atom stereocenters. The van der Waals surface area contributed by atoms with E-state index in [-0.39, 0.29) is 10.9 Å². The van der Waals surface area contributed by atoms with Crippen LogP contribution in [0.2, 0.25) is 0 Å². The van der Waals surface area contributed by atoms with Crippen molar-refractivity contribution in [1.29, 1.82) is 0 Å². The number of hydrogen-bond acceptors (Lipinski definition) is 5. The van der Waals surface area contributed by atoms with Crippen LogP contribution in [0.3, 0.4) is 0 Å². The normalized spacial score (nSPS) is 20.6. The Balaban J connectivity index is 2.19. The van der Waals surface area contributed by atoms with E-state index in [9.17, 15) is 8.42 Å². The van der Waals surface area contributed by atoms with Gasteiger partial charge >= 0.3 is 0 Å². The van der Waals surface area contributed by atoms with Gasteiger partial charge in [0.1, 0.15) is 10.7 Å². The molecule has 5 nitrogen and oxygen atoms in total. The van der Waals surface area contributed by atoms with Gasteiger partial charge in [-0.2, -0.15) is 11.8 Å². The Morgan fingerprint density at radius 2 is 2.33 bits per heavy atom. The lowest BCUT2D eigenvalue weighted by Gasteiger charge is -2.22. The minimum Gasteiger partial charge on any atom is -0.372 e. The molecule has 0 spiro atoms. The minimum atomic E-state index is -3.49. The Bertz CT molecular complexity index is 499. The molecule has 18 heavy (non-hydrogen) atoms. The van der Waals surface area contributed by atoms with Crippen LogP contribution in [0.15, 0.2) is 23.2 Å². The van der Waals surface area contributed by atoms with Crippen LogP contribution < -0.4 is 10.0 Å².